The van der Waals surface area contributed by atoms with Crippen LogP contribution in [0.4, 0.5) is 0 Å². The quantitative estimate of drug-likeness (QED) is 0.727. The lowest BCUT2D eigenvalue weighted by Crippen LogP contribution is -2.54. The maximum atomic E-state index is 2.57. The average Bonchev–Trinajstić information content (AvgIpc) is 2.26. The Morgan fingerprint density at radius 2 is 1.06 bits per heavy atom. The summed E-state index contributed by atoms with van der Waals surface area (Å²) < 4.78 is 0. The number of likely N-dealkylation sites (N-methyl/N-ethyl adjacent to an activating group) is 2. The third-order valence-corrected chi connectivity index (χ3v) is 4.37. The minimum absolute atomic E-state index is 0.658. The van der Waals surface area contributed by atoms with Gasteiger partial charge in [-0.05, 0) is 54.6 Å². The van der Waals surface area contributed by atoms with E-state index in [0.29, 0.717) is 12.1 Å². The SMILES string of the molecule is CC(C)N(C)[C@@H]1CCCC[C@H]1N(C)C(C)C. The van der Waals surface area contributed by atoms with E-state index in [2.05, 4.69) is 51.6 Å². The van der Waals surface area contributed by atoms with Gasteiger partial charge in [0.1, 0.15) is 0 Å². The van der Waals surface area contributed by atoms with Gasteiger partial charge in [0.15, 0.2) is 0 Å². The van der Waals surface area contributed by atoms with E-state index in [-0.39, 0.29) is 0 Å². The number of nitrogens with zero attached hydrogens (tertiary/aromatic N) is 2. The average molecular weight is 226 g/mol. The molecule has 1 rings (SSSR count). The molecule has 0 heterocycles. The topological polar surface area (TPSA) is 6.48 Å². The van der Waals surface area contributed by atoms with Crippen LogP contribution in [0, 0.1) is 0 Å². The first-order valence-electron chi connectivity index (χ1n) is 6.89. The van der Waals surface area contributed by atoms with Crippen LogP contribution < -0.4 is 0 Å². The predicted octanol–water partition coefficient (Wildman–Crippen LogP) is 2.98. The molecule has 0 spiro atoms. The maximum absolute atomic E-state index is 2.57. The summed E-state index contributed by atoms with van der Waals surface area (Å²) in [6.45, 7) is 9.23. The van der Waals surface area contributed by atoms with E-state index in [4.69, 9.17) is 0 Å². The first-order valence-corrected chi connectivity index (χ1v) is 6.89. The van der Waals surface area contributed by atoms with Gasteiger partial charge >= 0.3 is 0 Å². The van der Waals surface area contributed by atoms with Gasteiger partial charge in [-0.15, -0.1) is 0 Å². The van der Waals surface area contributed by atoms with Crippen LogP contribution in [0.25, 0.3) is 0 Å². The van der Waals surface area contributed by atoms with Crippen molar-refractivity contribution in [1.29, 1.82) is 0 Å². The van der Waals surface area contributed by atoms with Crippen molar-refractivity contribution in [2.45, 2.75) is 77.5 Å². The highest BCUT2D eigenvalue weighted by atomic mass is 15.2. The van der Waals surface area contributed by atoms with E-state index in [1.807, 2.05) is 0 Å². The number of hydrogen-bond donors (Lipinski definition) is 0. The Balaban J connectivity index is 2.70. The van der Waals surface area contributed by atoms with Crippen molar-refractivity contribution < 1.29 is 0 Å². The monoisotopic (exact) mass is 226 g/mol. The molecule has 1 aliphatic carbocycles. The summed E-state index contributed by atoms with van der Waals surface area (Å²) in [5, 5.41) is 0. The molecule has 0 unspecified atom stereocenters. The van der Waals surface area contributed by atoms with E-state index in [1.165, 1.54) is 25.7 Å². The molecule has 2 nitrogen and oxygen atoms in total. The van der Waals surface area contributed by atoms with E-state index < -0.39 is 0 Å². The van der Waals surface area contributed by atoms with Crippen molar-refractivity contribution in [1.82, 2.24) is 9.80 Å². The summed E-state index contributed by atoms with van der Waals surface area (Å²) in [6.07, 6.45) is 5.56. The Hall–Kier alpha value is -0.0800. The van der Waals surface area contributed by atoms with Crippen molar-refractivity contribution in [3.63, 3.8) is 0 Å². The fourth-order valence-electron chi connectivity index (χ4n) is 2.81. The van der Waals surface area contributed by atoms with Crippen LogP contribution in [-0.4, -0.2) is 48.1 Å². The molecule has 1 saturated carbocycles. The molecular weight excluding hydrogens is 196 g/mol. The molecule has 0 aromatic heterocycles. The first kappa shape index (κ1) is 14.0. The van der Waals surface area contributed by atoms with Crippen molar-refractivity contribution in [3.8, 4) is 0 Å². The summed E-state index contributed by atoms with van der Waals surface area (Å²) in [6, 6.07) is 2.82. The minimum atomic E-state index is 0.658. The van der Waals surface area contributed by atoms with E-state index >= 15 is 0 Å². The summed E-state index contributed by atoms with van der Waals surface area (Å²) in [5.74, 6) is 0. The van der Waals surface area contributed by atoms with Crippen LogP contribution in [0.3, 0.4) is 0 Å². The van der Waals surface area contributed by atoms with Crippen LogP contribution in [0.2, 0.25) is 0 Å². The fraction of sp³-hybridized carbons (Fsp3) is 1.00. The molecule has 96 valence electrons. The Kier molecular flexibility index (Phi) is 5.26. The second kappa shape index (κ2) is 6.02. The molecule has 0 amide bonds. The van der Waals surface area contributed by atoms with Crippen LogP contribution in [0.5, 0.6) is 0 Å². The van der Waals surface area contributed by atoms with Gasteiger partial charge in [0.2, 0.25) is 0 Å². The lowest BCUT2D eigenvalue weighted by Gasteiger charge is -2.45. The second-order valence-electron chi connectivity index (χ2n) is 5.94. The number of rotatable bonds is 4. The Morgan fingerprint density at radius 3 is 1.31 bits per heavy atom. The van der Waals surface area contributed by atoms with Crippen molar-refractivity contribution in [2.24, 2.45) is 0 Å². The van der Waals surface area contributed by atoms with Gasteiger partial charge in [0, 0.05) is 24.2 Å². The second-order valence-corrected chi connectivity index (χ2v) is 5.94. The van der Waals surface area contributed by atoms with Crippen LogP contribution in [0.15, 0.2) is 0 Å². The fourth-order valence-corrected chi connectivity index (χ4v) is 2.81. The summed E-state index contributed by atoms with van der Waals surface area (Å²) in [7, 11) is 4.59. The van der Waals surface area contributed by atoms with Gasteiger partial charge in [0.05, 0.1) is 0 Å². The van der Waals surface area contributed by atoms with Gasteiger partial charge in [-0.3, -0.25) is 9.80 Å². The summed E-state index contributed by atoms with van der Waals surface area (Å²) >= 11 is 0. The molecule has 1 aliphatic rings. The zero-order chi connectivity index (χ0) is 12.3. The Labute approximate surface area is 102 Å². The molecule has 1 fully saturated rings. The van der Waals surface area contributed by atoms with Crippen LogP contribution >= 0.6 is 0 Å². The highest BCUT2D eigenvalue weighted by Crippen LogP contribution is 2.27. The Morgan fingerprint density at radius 1 is 0.750 bits per heavy atom. The van der Waals surface area contributed by atoms with E-state index in [1.54, 1.807) is 0 Å². The number of hydrogen-bond acceptors (Lipinski definition) is 2. The lowest BCUT2D eigenvalue weighted by molar-refractivity contribution is 0.0460. The molecule has 2 heteroatoms. The zero-order valence-corrected chi connectivity index (χ0v) is 12.0. The van der Waals surface area contributed by atoms with Crippen molar-refractivity contribution >= 4 is 0 Å². The minimum Gasteiger partial charge on any atom is -0.299 e. The normalized spacial score (nSPS) is 27.4. The molecule has 16 heavy (non-hydrogen) atoms. The highest BCUT2D eigenvalue weighted by Gasteiger charge is 2.32. The standard InChI is InChI=1S/C14H30N2/c1-11(2)15(5)13-9-7-8-10-14(13)16(6)12(3)4/h11-14H,7-10H2,1-6H3/t13-,14-/m1/s1. The van der Waals surface area contributed by atoms with Gasteiger partial charge in [0.25, 0.3) is 0 Å². The third-order valence-electron chi connectivity index (χ3n) is 4.37. The smallest absolute Gasteiger partial charge is 0.0251 e. The first-order chi connectivity index (χ1) is 7.45. The third kappa shape index (κ3) is 3.21. The molecule has 2 atom stereocenters. The molecule has 0 aromatic rings. The zero-order valence-electron chi connectivity index (χ0n) is 12.0. The Bertz CT molecular complexity index is 179. The molecule has 0 aliphatic heterocycles. The van der Waals surface area contributed by atoms with Gasteiger partial charge in [-0.2, -0.15) is 0 Å². The lowest BCUT2D eigenvalue weighted by atomic mass is 9.87. The van der Waals surface area contributed by atoms with Gasteiger partial charge in [-0.25, -0.2) is 0 Å². The molecule has 0 aromatic carbocycles. The predicted molar refractivity (Wildman–Crippen MR) is 71.8 cm³/mol. The maximum Gasteiger partial charge on any atom is 0.0251 e. The molecule has 0 N–H and O–H groups in total. The molecule has 0 saturated heterocycles. The van der Waals surface area contributed by atoms with Crippen LogP contribution in [-0.2, 0) is 0 Å². The largest absolute Gasteiger partial charge is 0.299 e. The molecular formula is C14H30N2. The van der Waals surface area contributed by atoms with Crippen LogP contribution in [0.1, 0.15) is 53.4 Å². The van der Waals surface area contributed by atoms with Crippen molar-refractivity contribution in [3.05, 3.63) is 0 Å². The van der Waals surface area contributed by atoms with E-state index in [0.717, 1.165) is 12.1 Å². The van der Waals surface area contributed by atoms with E-state index in [9.17, 15) is 0 Å². The van der Waals surface area contributed by atoms with Gasteiger partial charge < -0.3 is 0 Å². The summed E-state index contributed by atoms with van der Waals surface area (Å²) in [4.78, 5) is 5.14. The van der Waals surface area contributed by atoms with Crippen molar-refractivity contribution in [2.75, 3.05) is 14.1 Å². The molecule has 0 radical (unpaired) electrons. The summed E-state index contributed by atoms with van der Waals surface area (Å²) in [5.41, 5.74) is 0. The molecule has 0 bridgehead atoms. The van der Waals surface area contributed by atoms with Gasteiger partial charge in [-0.1, -0.05) is 12.8 Å². The highest BCUT2D eigenvalue weighted by molar-refractivity contribution is 4.89.